The molecule has 0 atom stereocenters. The fourth-order valence-electron chi connectivity index (χ4n) is 2.59. The van der Waals surface area contributed by atoms with Gasteiger partial charge in [-0.05, 0) is 37.1 Å². The van der Waals surface area contributed by atoms with Gasteiger partial charge in [0.2, 0.25) is 10.0 Å². The van der Waals surface area contributed by atoms with Gasteiger partial charge in [0.15, 0.2) is 0 Å². The minimum Gasteiger partial charge on any atom is -0.271 e. The van der Waals surface area contributed by atoms with Crippen molar-refractivity contribution in [1.82, 2.24) is 5.43 Å². The third kappa shape index (κ3) is 5.80. The van der Waals surface area contributed by atoms with E-state index >= 15 is 0 Å². The second kappa shape index (κ2) is 8.64. The van der Waals surface area contributed by atoms with Crippen molar-refractivity contribution in [2.75, 3.05) is 17.1 Å². The summed E-state index contributed by atoms with van der Waals surface area (Å²) in [5, 5.41) is 3.54. The Labute approximate surface area is 167 Å². The SMILES string of the molecule is Cc1cccc(N(CC(=O)N/N=C\c2ccccc2C(F)(F)F)S(C)(=O)=O)c1C. The molecule has 2 aromatic rings. The number of nitrogens with zero attached hydrogens (tertiary/aromatic N) is 2. The molecule has 0 heterocycles. The normalized spacial score (nSPS) is 12.2. The summed E-state index contributed by atoms with van der Waals surface area (Å²) in [6.07, 6.45) is -2.74. The molecule has 0 radical (unpaired) electrons. The zero-order valence-electron chi connectivity index (χ0n) is 16.0. The van der Waals surface area contributed by atoms with E-state index in [0.29, 0.717) is 11.3 Å². The molecule has 0 bridgehead atoms. The Morgan fingerprint density at radius 2 is 1.79 bits per heavy atom. The quantitative estimate of drug-likeness (QED) is 0.568. The molecule has 1 amide bonds. The first-order chi connectivity index (χ1) is 13.4. The summed E-state index contributed by atoms with van der Waals surface area (Å²) in [6, 6.07) is 9.80. The van der Waals surface area contributed by atoms with E-state index in [2.05, 4.69) is 10.5 Å². The van der Waals surface area contributed by atoms with Crippen molar-refractivity contribution in [2.45, 2.75) is 20.0 Å². The van der Waals surface area contributed by atoms with Gasteiger partial charge in [0.25, 0.3) is 5.91 Å². The lowest BCUT2D eigenvalue weighted by molar-refractivity contribution is -0.137. The Balaban J connectivity index is 2.19. The number of carbonyl (C=O) groups excluding carboxylic acids is 1. The van der Waals surface area contributed by atoms with Crippen LogP contribution in [0.15, 0.2) is 47.6 Å². The van der Waals surface area contributed by atoms with E-state index in [9.17, 15) is 26.4 Å². The van der Waals surface area contributed by atoms with Crippen molar-refractivity contribution >= 4 is 27.8 Å². The van der Waals surface area contributed by atoms with E-state index in [0.717, 1.165) is 28.4 Å². The van der Waals surface area contributed by atoms with E-state index in [1.807, 2.05) is 13.0 Å². The molecular formula is C19H20F3N3O3S. The van der Waals surface area contributed by atoms with Crippen LogP contribution in [0.1, 0.15) is 22.3 Å². The van der Waals surface area contributed by atoms with Crippen LogP contribution >= 0.6 is 0 Å². The fourth-order valence-corrected chi connectivity index (χ4v) is 3.50. The summed E-state index contributed by atoms with van der Waals surface area (Å²) in [4.78, 5) is 12.2. The number of alkyl halides is 3. The summed E-state index contributed by atoms with van der Waals surface area (Å²) >= 11 is 0. The molecule has 2 aromatic carbocycles. The van der Waals surface area contributed by atoms with Crippen molar-refractivity contribution in [3.63, 3.8) is 0 Å². The lowest BCUT2D eigenvalue weighted by Gasteiger charge is -2.23. The second-order valence-electron chi connectivity index (χ2n) is 6.37. The standard InChI is InChI=1S/C19H20F3N3O3S/c1-13-7-6-10-17(14(13)2)25(29(3,27)28)12-18(26)24-23-11-15-8-4-5-9-16(15)19(20,21)22/h4-11H,12H2,1-3H3,(H,24,26)/b23-11-. The summed E-state index contributed by atoms with van der Waals surface area (Å²) in [6.45, 7) is 2.97. The van der Waals surface area contributed by atoms with Crippen LogP contribution in [0, 0.1) is 13.8 Å². The molecule has 0 aliphatic rings. The molecule has 0 saturated heterocycles. The molecule has 6 nitrogen and oxygen atoms in total. The zero-order chi connectivity index (χ0) is 21.8. The first-order valence-electron chi connectivity index (χ1n) is 8.43. The number of aryl methyl sites for hydroxylation is 1. The van der Waals surface area contributed by atoms with Crippen molar-refractivity contribution in [2.24, 2.45) is 5.10 Å². The highest BCUT2D eigenvalue weighted by Gasteiger charge is 2.32. The van der Waals surface area contributed by atoms with Gasteiger partial charge in [-0.1, -0.05) is 30.3 Å². The predicted molar refractivity (Wildman–Crippen MR) is 105 cm³/mol. The number of amides is 1. The van der Waals surface area contributed by atoms with Crippen LogP contribution in [-0.4, -0.2) is 33.3 Å². The van der Waals surface area contributed by atoms with E-state index in [1.54, 1.807) is 19.1 Å². The van der Waals surface area contributed by atoms with Gasteiger partial charge in [-0.25, -0.2) is 13.8 Å². The number of hydrazone groups is 1. The number of anilines is 1. The first kappa shape index (κ1) is 22.4. The highest BCUT2D eigenvalue weighted by Crippen LogP contribution is 2.31. The number of nitrogens with one attached hydrogen (secondary N) is 1. The molecule has 10 heteroatoms. The molecule has 0 aliphatic heterocycles. The topological polar surface area (TPSA) is 78.8 Å². The minimum absolute atomic E-state index is 0.227. The highest BCUT2D eigenvalue weighted by atomic mass is 32.2. The van der Waals surface area contributed by atoms with Gasteiger partial charge in [0.05, 0.1) is 23.7 Å². The average Bonchev–Trinajstić information content (AvgIpc) is 2.61. The molecule has 0 unspecified atom stereocenters. The van der Waals surface area contributed by atoms with Crippen molar-refractivity contribution in [3.05, 3.63) is 64.7 Å². The Morgan fingerprint density at radius 3 is 2.41 bits per heavy atom. The second-order valence-corrected chi connectivity index (χ2v) is 8.27. The van der Waals surface area contributed by atoms with Crippen molar-refractivity contribution in [3.8, 4) is 0 Å². The van der Waals surface area contributed by atoms with Crippen LogP contribution in [0.25, 0.3) is 0 Å². The zero-order valence-corrected chi connectivity index (χ0v) is 16.8. The summed E-state index contributed by atoms with van der Waals surface area (Å²) in [5.74, 6) is -0.794. The van der Waals surface area contributed by atoms with Gasteiger partial charge in [0.1, 0.15) is 6.54 Å². The highest BCUT2D eigenvalue weighted by molar-refractivity contribution is 7.92. The maximum atomic E-state index is 13.0. The smallest absolute Gasteiger partial charge is 0.271 e. The van der Waals surface area contributed by atoms with Gasteiger partial charge in [0, 0.05) is 5.56 Å². The lowest BCUT2D eigenvalue weighted by atomic mass is 10.1. The van der Waals surface area contributed by atoms with E-state index in [-0.39, 0.29) is 5.56 Å². The van der Waals surface area contributed by atoms with Gasteiger partial charge in [-0.2, -0.15) is 18.3 Å². The number of benzene rings is 2. The van der Waals surface area contributed by atoms with Crippen molar-refractivity contribution in [1.29, 1.82) is 0 Å². The van der Waals surface area contributed by atoms with E-state index < -0.39 is 34.2 Å². The number of halogens is 3. The molecule has 0 spiro atoms. The Hall–Kier alpha value is -2.88. The van der Waals surface area contributed by atoms with Crippen LogP contribution in [0.3, 0.4) is 0 Å². The summed E-state index contributed by atoms with van der Waals surface area (Å²) < 4.78 is 64.2. The number of carbonyl (C=O) groups is 1. The van der Waals surface area contributed by atoms with Crippen LogP contribution in [0.5, 0.6) is 0 Å². The number of sulfonamides is 1. The van der Waals surface area contributed by atoms with Crippen LogP contribution in [0.4, 0.5) is 18.9 Å². The maximum absolute atomic E-state index is 13.0. The van der Waals surface area contributed by atoms with Crippen LogP contribution in [-0.2, 0) is 21.0 Å². The summed E-state index contributed by atoms with van der Waals surface area (Å²) in [5.41, 5.74) is 2.82. The molecule has 1 N–H and O–H groups in total. The van der Waals surface area contributed by atoms with Gasteiger partial charge >= 0.3 is 6.18 Å². The monoisotopic (exact) mass is 427 g/mol. The van der Waals surface area contributed by atoms with Crippen LogP contribution in [0.2, 0.25) is 0 Å². The molecule has 29 heavy (non-hydrogen) atoms. The Bertz CT molecular complexity index is 1030. The number of hydrogen-bond acceptors (Lipinski definition) is 4. The number of rotatable bonds is 6. The van der Waals surface area contributed by atoms with Gasteiger partial charge in [-0.15, -0.1) is 0 Å². The lowest BCUT2D eigenvalue weighted by Crippen LogP contribution is -2.39. The van der Waals surface area contributed by atoms with E-state index in [1.165, 1.54) is 18.2 Å². The van der Waals surface area contributed by atoms with E-state index in [4.69, 9.17) is 0 Å². The van der Waals surface area contributed by atoms with Gasteiger partial charge in [-0.3, -0.25) is 9.10 Å². The molecule has 156 valence electrons. The third-order valence-electron chi connectivity index (χ3n) is 4.19. The molecule has 0 fully saturated rings. The van der Waals surface area contributed by atoms with Gasteiger partial charge < -0.3 is 0 Å². The largest absolute Gasteiger partial charge is 0.417 e. The molecule has 2 rings (SSSR count). The molecule has 0 saturated carbocycles. The fraction of sp³-hybridized carbons (Fsp3) is 0.263. The maximum Gasteiger partial charge on any atom is 0.417 e. The first-order valence-corrected chi connectivity index (χ1v) is 10.3. The number of hydrogen-bond donors (Lipinski definition) is 1. The van der Waals surface area contributed by atoms with Crippen molar-refractivity contribution < 1.29 is 26.4 Å². The minimum atomic E-state index is -4.57. The predicted octanol–water partition coefficient (Wildman–Crippen LogP) is 3.24. The summed E-state index contributed by atoms with van der Waals surface area (Å²) in [7, 11) is -3.78. The Kier molecular flexibility index (Phi) is 6.68. The Morgan fingerprint density at radius 1 is 1.14 bits per heavy atom. The third-order valence-corrected chi connectivity index (χ3v) is 5.32. The molecule has 0 aromatic heterocycles. The molecular weight excluding hydrogens is 407 g/mol. The average molecular weight is 427 g/mol. The van der Waals surface area contributed by atoms with Crippen LogP contribution < -0.4 is 9.73 Å². The molecule has 0 aliphatic carbocycles.